The lowest BCUT2D eigenvalue weighted by atomic mass is 10.1. The molecule has 0 fully saturated rings. The molecule has 6 nitrogen and oxygen atoms in total. The number of rotatable bonds is 15. The summed E-state index contributed by atoms with van der Waals surface area (Å²) in [4.78, 5) is 34.7. The van der Waals surface area contributed by atoms with E-state index in [0.717, 1.165) is 19.3 Å². The molecule has 0 unspecified atom stereocenters. The molecular formula is C20H36O6. The molecule has 0 aromatic carbocycles. The molecule has 0 radical (unpaired) electrons. The number of carbonyl (C=O) groups is 3. The lowest BCUT2D eigenvalue weighted by Gasteiger charge is -2.20. The summed E-state index contributed by atoms with van der Waals surface area (Å²) >= 11 is 0. The van der Waals surface area contributed by atoms with Crippen molar-refractivity contribution in [2.75, 3.05) is 6.61 Å². The van der Waals surface area contributed by atoms with Crippen LogP contribution >= 0.6 is 0 Å². The van der Waals surface area contributed by atoms with Gasteiger partial charge in [0.05, 0.1) is 12.7 Å². The lowest BCUT2D eigenvalue weighted by Crippen LogP contribution is -2.22. The van der Waals surface area contributed by atoms with E-state index in [4.69, 9.17) is 14.2 Å². The minimum absolute atomic E-state index is 0.191. The molecule has 2 atom stereocenters. The van der Waals surface area contributed by atoms with Gasteiger partial charge in [-0.05, 0) is 51.9 Å². The molecule has 0 aromatic heterocycles. The molecule has 26 heavy (non-hydrogen) atoms. The van der Waals surface area contributed by atoms with Crippen LogP contribution in [0.15, 0.2) is 0 Å². The van der Waals surface area contributed by atoms with Gasteiger partial charge in [0.2, 0.25) is 0 Å². The highest BCUT2D eigenvalue weighted by Crippen LogP contribution is 2.15. The van der Waals surface area contributed by atoms with Crippen molar-refractivity contribution in [2.24, 2.45) is 0 Å². The van der Waals surface area contributed by atoms with Crippen molar-refractivity contribution in [3.8, 4) is 0 Å². The monoisotopic (exact) mass is 372 g/mol. The van der Waals surface area contributed by atoms with Gasteiger partial charge in [-0.1, -0.05) is 20.8 Å². The van der Waals surface area contributed by atoms with E-state index in [1.165, 1.54) is 0 Å². The highest BCUT2D eigenvalue weighted by Gasteiger charge is 2.17. The van der Waals surface area contributed by atoms with Crippen LogP contribution in [0.1, 0.15) is 91.9 Å². The maximum Gasteiger partial charge on any atom is 0.306 e. The second kappa shape index (κ2) is 15.6. The Morgan fingerprint density at radius 1 is 0.731 bits per heavy atom. The fraction of sp³-hybridized carbons (Fsp3) is 0.850. The molecular weight excluding hydrogens is 336 g/mol. The Bertz CT molecular complexity index is 407. The quantitative estimate of drug-likeness (QED) is 0.242. The predicted molar refractivity (Wildman–Crippen MR) is 99.6 cm³/mol. The van der Waals surface area contributed by atoms with E-state index in [2.05, 4.69) is 0 Å². The Morgan fingerprint density at radius 3 is 1.85 bits per heavy atom. The predicted octanol–water partition coefficient (Wildman–Crippen LogP) is 4.33. The van der Waals surface area contributed by atoms with Crippen molar-refractivity contribution in [3.05, 3.63) is 0 Å². The first-order valence-corrected chi connectivity index (χ1v) is 9.97. The SMILES string of the molecule is CCCC(=O)OCCC[C@H](CC[C@H](C)OC(=O)CCC)OC(=O)CCC. The van der Waals surface area contributed by atoms with Crippen molar-refractivity contribution < 1.29 is 28.6 Å². The van der Waals surface area contributed by atoms with Gasteiger partial charge in [0.1, 0.15) is 6.10 Å². The van der Waals surface area contributed by atoms with Crippen LogP contribution in [0.25, 0.3) is 0 Å². The largest absolute Gasteiger partial charge is 0.466 e. The van der Waals surface area contributed by atoms with E-state index in [9.17, 15) is 14.4 Å². The topological polar surface area (TPSA) is 78.9 Å². The normalized spacial score (nSPS) is 12.9. The molecule has 0 aliphatic carbocycles. The van der Waals surface area contributed by atoms with Gasteiger partial charge in [-0.15, -0.1) is 0 Å². The number of ether oxygens (including phenoxy) is 3. The van der Waals surface area contributed by atoms with E-state index >= 15 is 0 Å². The van der Waals surface area contributed by atoms with E-state index in [1.807, 2.05) is 27.7 Å². The first kappa shape index (κ1) is 24.4. The summed E-state index contributed by atoms with van der Waals surface area (Å²) < 4.78 is 16.0. The van der Waals surface area contributed by atoms with Gasteiger partial charge >= 0.3 is 17.9 Å². The fourth-order valence-corrected chi connectivity index (χ4v) is 2.45. The van der Waals surface area contributed by atoms with Crippen LogP contribution in [-0.4, -0.2) is 36.7 Å². The van der Waals surface area contributed by atoms with Crippen LogP contribution in [0.2, 0.25) is 0 Å². The van der Waals surface area contributed by atoms with Crippen LogP contribution in [0.4, 0.5) is 0 Å². The summed E-state index contributed by atoms with van der Waals surface area (Å²) in [7, 11) is 0. The number of hydrogen-bond donors (Lipinski definition) is 0. The second-order valence-corrected chi connectivity index (χ2v) is 6.60. The van der Waals surface area contributed by atoms with Crippen LogP contribution in [0, 0.1) is 0 Å². The molecule has 0 bridgehead atoms. The number of carbonyl (C=O) groups excluding carboxylic acids is 3. The Hall–Kier alpha value is -1.59. The zero-order valence-corrected chi connectivity index (χ0v) is 16.9. The molecule has 0 N–H and O–H groups in total. The van der Waals surface area contributed by atoms with E-state index in [1.54, 1.807) is 0 Å². The van der Waals surface area contributed by atoms with Crippen LogP contribution in [0.3, 0.4) is 0 Å². The van der Waals surface area contributed by atoms with Crippen LogP contribution in [-0.2, 0) is 28.6 Å². The Morgan fingerprint density at radius 2 is 1.27 bits per heavy atom. The Labute approximate surface area is 157 Å². The molecule has 0 aliphatic rings. The Kier molecular flexibility index (Phi) is 14.7. The third kappa shape index (κ3) is 13.7. The van der Waals surface area contributed by atoms with Crippen molar-refractivity contribution in [1.82, 2.24) is 0 Å². The van der Waals surface area contributed by atoms with Gasteiger partial charge in [0, 0.05) is 19.3 Å². The summed E-state index contributed by atoms with van der Waals surface area (Å²) in [6.07, 6.45) is 5.59. The summed E-state index contributed by atoms with van der Waals surface area (Å²) in [5, 5.41) is 0. The van der Waals surface area contributed by atoms with Crippen LogP contribution < -0.4 is 0 Å². The van der Waals surface area contributed by atoms with Crippen molar-refractivity contribution in [3.63, 3.8) is 0 Å². The van der Waals surface area contributed by atoms with Crippen molar-refractivity contribution >= 4 is 17.9 Å². The minimum Gasteiger partial charge on any atom is -0.466 e. The molecule has 0 aliphatic heterocycles. The zero-order chi connectivity index (χ0) is 19.8. The van der Waals surface area contributed by atoms with Gasteiger partial charge in [-0.2, -0.15) is 0 Å². The lowest BCUT2D eigenvalue weighted by molar-refractivity contribution is -0.153. The average Bonchev–Trinajstić information content (AvgIpc) is 2.57. The van der Waals surface area contributed by atoms with Crippen molar-refractivity contribution in [1.29, 1.82) is 0 Å². The first-order valence-electron chi connectivity index (χ1n) is 9.97. The molecule has 0 saturated carbocycles. The fourth-order valence-electron chi connectivity index (χ4n) is 2.45. The molecule has 0 amide bonds. The van der Waals surface area contributed by atoms with E-state index < -0.39 is 0 Å². The first-order chi connectivity index (χ1) is 12.4. The molecule has 0 saturated heterocycles. The standard InChI is InChI=1S/C20H36O6/c1-5-9-18(21)24-15-8-12-17(26-20(23)11-7-3)14-13-16(4)25-19(22)10-6-2/h16-17H,5-15H2,1-4H3/t16-,17+/m0/s1. The van der Waals surface area contributed by atoms with Gasteiger partial charge < -0.3 is 14.2 Å². The van der Waals surface area contributed by atoms with Gasteiger partial charge in [-0.25, -0.2) is 0 Å². The second-order valence-electron chi connectivity index (χ2n) is 6.60. The third-order valence-corrected chi connectivity index (χ3v) is 3.82. The highest BCUT2D eigenvalue weighted by molar-refractivity contribution is 5.70. The average molecular weight is 373 g/mol. The van der Waals surface area contributed by atoms with Gasteiger partial charge in [0.25, 0.3) is 0 Å². The molecule has 6 heteroatoms. The maximum atomic E-state index is 11.8. The van der Waals surface area contributed by atoms with Crippen LogP contribution in [0.5, 0.6) is 0 Å². The molecule has 0 aromatic rings. The van der Waals surface area contributed by atoms with E-state index in [-0.39, 0.29) is 30.1 Å². The van der Waals surface area contributed by atoms with Crippen molar-refractivity contribution in [2.45, 2.75) is 104 Å². The molecule has 0 rings (SSSR count). The number of hydrogen-bond acceptors (Lipinski definition) is 6. The minimum atomic E-state index is -0.244. The molecule has 152 valence electrons. The maximum absolute atomic E-state index is 11.8. The van der Waals surface area contributed by atoms with Gasteiger partial charge in [0.15, 0.2) is 0 Å². The summed E-state index contributed by atoms with van der Waals surface area (Å²) in [5.41, 5.74) is 0. The van der Waals surface area contributed by atoms with Gasteiger partial charge in [-0.3, -0.25) is 14.4 Å². The third-order valence-electron chi connectivity index (χ3n) is 3.82. The molecule has 0 spiro atoms. The zero-order valence-electron chi connectivity index (χ0n) is 16.9. The smallest absolute Gasteiger partial charge is 0.306 e. The summed E-state index contributed by atoms with van der Waals surface area (Å²) in [6, 6.07) is 0. The molecule has 0 heterocycles. The summed E-state index contributed by atoms with van der Waals surface area (Å²) in [5.74, 6) is -0.595. The Balaban J connectivity index is 4.30. The van der Waals surface area contributed by atoms with E-state index in [0.29, 0.717) is 51.6 Å². The number of esters is 3. The summed E-state index contributed by atoms with van der Waals surface area (Å²) in [6.45, 7) is 7.98. The highest BCUT2D eigenvalue weighted by atomic mass is 16.6.